The van der Waals surface area contributed by atoms with Gasteiger partial charge in [0, 0.05) is 6.04 Å². The second-order valence-corrected chi connectivity index (χ2v) is 12.0. The summed E-state index contributed by atoms with van der Waals surface area (Å²) in [6, 6.07) is 6.68. The van der Waals surface area contributed by atoms with Crippen LogP contribution in [-0.2, 0) is 15.6 Å². The molecule has 1 saturated carbocycles. The minimum atomic E-state index is -0.0432. The molecule has 1 fully saturated rings. The van der Waals surface area contributed by atoms with Crippen molar-refractivity contribution >= 4 is 5.91 Å². The third kappa shape index (κ3) is 6.76. The van der Waals surface area contributed by atoms with Crippen molar-refractivity contribution in [2.75, 3.05) is 6.61 Å². The molecule has 3 nitrogen and oxygen atoms in total. The minimum absolute atomic E-state index is 0.0102. The number of benzene rings is 1. The van der Waals surface area contributed by atoms with Crippen LogP contribution in [0.5, 0.6) is 5.75 Å². The Balaban J connectivity index is 1.97. The Morgan fingerprint density at radius 3 is 2.00 bits per heavy atom. The SMILES string of the molecule is CC(C)(C)c1ccc(OCC(=O)NC2CCC(C(C)(C)C)CC2)c(C(C)(C)C)c1. The van der Waals surface area contributed by atoms with Crippen molar-refractivity contribution in [2.24, 2.45) is 11.3 Å². The molecular weight excluding hydrogens is 358 g/mol. The Morgan fingerprint density at radius 2 is 1.52 bits per heavy atom. The Labute approximate surface area is 179 Å². The average Bonchev–Trinajstić information content (AvgIpc) is 2.58. The van der Waals surface area contributed by atoms with Crippen LogP contribution in [0.15, 0.2) is 18.2 Å². The van der Waals surface area contributed by atoms with E-state index in [2.05, 4.69) is 79.8 Å². The van der Waals surface area contributed by atoms with Crippen molar-refractivity contribution in [2.45, 2.75) is 105 Å². The van der Waals surface area contributed by atoms with Gasteiger partial charge in [-0.05, 0) is 65.0 Å². The lowest BCUT2D eigenvalue weighted by molar-refractivity contribution is -0.124. The molecule has 1 aromatic rings. The fraction of sp³-hybridized carbons (Fsp3) is 0.731. The van der Waals surface area contributed by atoms with Crippen LogP contribution in [0.2, 0.25) is 0 Å². The average molecular weight is 402 g/mol. The molecule has 0 aromatic heterocycles. The highest BCUT2D eigenvalue weighted by Crippen LogP contribution is 2.38. The van der Waals surface area contributed by atoms with E-state index >= 15 is 0 Å². The van der Waals surface area contributed by atoms with E-state index in [0.29, 0.717) is 5.41 Å². The van der Waals surface area contributed by atoms with Gasteiger partial charge in [0.15, 0.2) is 6.61 Å². The summed E-state index contributed by atoms with van der Waals surface area (Å²) in [5.74, 6) is 1.56. The van der Waals surface area contributed by atoms with Crippen LogP contribution in [-0.4, -0.2) is 18.6 Å². The second-order valence-electron chi connectivity index (χ2n) is 12.0. The highest BCUT2D eigenvalue weighted by molar-refractivity contribution is 5.77. The monoisotopic (exact) mass is 401 g/mol. The van der Waals surface area contributed by atoms with E-state index < -0.39 is 0 Å². The first-order chi connectivity index (χ1) is 13.2. The third-order valence-electron chi connectivity index (χ3n) is 6.33. The molecule has 164 valence electrons. The molecule has 1 aliphatic rings. The number of amides is 1. The van der Waals surface area contributed by atoms with Gasteiger partial charge in [-0.1, -0.05) is 74.4 Å². The zero-order valence-corrected chi connectivity index (χ0v) is 20.2. The van der Waals surface area contributed by atoms with Crippen molar-refractivity contribution in [3.8, 4) is 5.75 Å². The first kappa shape index (κ1) is 23.8. The highest BCUT2D eigenvalue weighted by Gasteiger charge is 2.30. The summed E-state index contributed by atoms with van der Waals surface area (Å²) in [6.07, 6.45) is 4.53. The predicted molar refractivity (Wildman–Crippen MR) is 123 cm³/mol. The Kier molecular flexibility index (Phi) is 7.13. The van der Waals surface area contributed by atoms with Gasteiger partial charge in [0.2, 0.25) is 0 Å². The number of hydrogen-bond acceptors (Lipinski definition) is 2. The van der Waals surface area contributed by atoms with Gasteiger partial charge >= 0.3 is 0 Å². The van der Waals surface area contributed by atoms with Crippen molar-refractivity contribution in [3.05, 3.63) is 29.3 Å². The minimum Gasteiger partial charge on any atom is -0.483 e. The third-order valence-corrected chi connectivity index (χ3v) is 6.33. The number of ether oxygens (including phenoxy) is 1. The normalized spacial score (nSPS) is 21.0. The van der Waals surface area contributed by atoms with Gasteiger partial charge in [-0.3, -0.25) is 4.79 Å². The summed E-state index contributed by atoms with van der Waals surface area (Å²) < 4.78 is 6.00. The van der Waals surface area contributed by atoms with Crippen molar-refractivity contribution in [3.63, 3.8) is 0 Å². The Hall–Kier alpha value is -1.51. The van der Waals surface area contributed by atoms with Gasteiger partial charge < -0.3 is 10.1 Å². The van der Waals surface area contributed by atoms with Crippen LogP contribution in [0.25, 0.3) is 0 Å². The van der Waals surface area contributed by atoms with E-state index in [1.54, 1.807) is 0 Å². The largest absolute Gasteiger partial charge is 0.483 e. The lowest BCUT2D eigenvalue weighted by atomic mass is 9.71. The number of rotatable bonds is 4. The maximum Gasteiger partial charge on any atom is 0.258 e. The van der Waals surface area contributed by atoms with E-state index in [1.165, 1.54) is 18.4 Å². The number of carbonyl (C=O) groups excluding carboxylic acids is 1. The van der Waals surface area contributed by atoms with Crippen molar-refractivity contribution in [1.29, 1.82) is 0 Å². The number of carbonyl (C=O) groups is 1. The Bertz CT molecular complexity index is 693. The molecule has 2 rings (SSSR count). The lowest BCUT2D eigenvalue weighted by Gasteiger charge is -2.37. The standard InChI is InChI=1S/C26H43NO2/c1-24(2,3)18-10-13-20(14-11-18)27-23(28)17-29-22-15-12-19(25(4,5)6)16-21(22)26(7,8)9/h12,15-16,18,20H,10-11,13-14,17H2,1-9H3,(H,27,28). The maximum absolute atomic E-state index is 12.5. The smallest absolute Gasteiger partial charge is 0.258 e. The molecule has 0 aliphatic heterocycles. The summed E-state index contributed by atoms with van der Waals surface area (Å²) in [5.41, 5.74) is 2.85. The fourth-order valence-electron chi connectivity index (χ4n) is 4.22. The van der Waals surface area contributed by atoms with E-state index in [9.17, 15) is 4.79 Å². The Morgan fingerprint density at radius 1 is 0.931 bits per heavy atom. The number of nitrogens with one attached hydrogen (secondary N) is 1. The molecule has 1 amide bonds. The van der Waals surface area contributed by atoms with Crippen LogP contribution >= 0.6 is 0 Å². The first-order valence-electron chi connectivity index (χ1n) is 11.2. The summed E-state index contributed by atoms with van der Waals surface area (Å²) in [7, 11) is 0. The van der Waals surface area contributed by atoms with Crippen molar-refractivity contribution in [1.82, 2.24) is 5.32 Å². The van der Waals surface area contributed by atoms with Crippen LogP contribution in [0, 0.1) is 11.3 Å². The lowest BCUT2D eigenvalue weighted by Crippen LogP contribution is -2.41. The van der Waals surface area contributed by atoms with Gasteiger partial charge in [0.25, 0.3) is 5.91 Å². The maximum atomic E-state index is 12.5. The van der Waals surface area contributed by atoms with Gasteiger partial charge in [0.1, 0.15) is 5.75 Å². The summed E-state index contributed by atoms with van der Waals surface area (Å²) in [4.78, 5) is 12.5. The molecule has 1 aromatic carbocycles. The van der Waals surface area contributed by atoms with E-state index in [0.717, 1.165) is 30.1 Å². The second kappa shape index (κ2) is 8.70. The van der Waals surface area contributed by atoms with Crippen molar-refractivity contribution < 1.29 is 9.53 Å². The zero-order valence-electron chi connectivity index (χ0n) is 20.2. The molecule has 1 N–H and O–H groups in total. The van der Waals surface area contributed by atoms with Gasteiger partial charge in [0.05, 0.1) is 0 Å². The van der Waals surface area contributed by atoms with Crippen LogP contribution in [0.4, 0.5) is 0 Å². The van der Waals surface area contributed by atoms with E-state index in [1.807, 2.05) is 6.07 Å². The van der Waals surface area contributed by atoms with Crippen LogP contribution in [0.3, 0.4) is 0 Å². The molecular formula is C26H43NO2. The summed E-state index contributed by atoms with van der Waals surface area (Å²) in [6.45, 7) is 20.3. The topological polar surface area (TPSA) is 38.3 Å². The molecule has 0 radical (unpaired) electrons. The summed E-state index contributed by atoms with van der Waals surface area (Å²) >= 11 is 0. The molecule has 3 heteroatoms. The molecule has 0 heterocycles. The quantitative estimate of drug-likeness (QED) is 0.635. The fourth-order valence-corrected chi connectivity index (χ4v) is 4.22. The summed E-state index contributed by atoms with van der Waals surface area (Å²) in [5, 5.41) is 3.19. The van der Waals surface area contributed by atoms with Crippen LogP contribution in [0.1, 0.15) is 99.1 Å². The molecule has 0 spiro atoms. The van der Waals surface area contributed by atoms with Crippen LogP contribution < -0.4 is 10.1 Å². The van der Waals surface area contributed by atoms with Gasteiger partial charge in [-0.2, -0.15) is 0 Å². The molecule has 29 heavy (non-hydrogen) atoms. The van der Waals surface area contributed by atoms with Gasteiger partial charge in [-0.25, -0.2) is 0 Å². The molecule has 0 bridgehead atoms. The molecule has 1 aliphatic carbocycles. The van der Waals surface area contributed by atoms with Gasteiger partial charge in [-0.15, -0.1) is 0 Å². The molecule has 0 unspecified atom stereocenters. The molecule has 0 saturated heterocycles. The first-order valence-corrected chi connectivity index (χ1v) is 11.2. The van der Waals surface area contributed by atoms with E-state index in [-0.39, 0.29) is 29.4 Å². The zero-order chi connectivity index (χ0) is 22.0. The number of hydrogen-bond donors (Lipinski definition) is 1. The predicted octanol–water partition coefficient (Wildman–Crippen LogP) is 6.38. The molecule has 0 atom stereocenters. The highest BCUT2D eigenvalue weighted by atomic mass is 16.5. The van der Waals surface area contributed by atoms with E-state index in [4.69, 9.17) is 4.74 Å².